The third-order valence-electron chi connectivity index (χ3n) is 7.29. The van der Waals surface area contributed by atoms with Crippen molar-refractivity contribution in [2.24, 2.45) is 10.9 Å². The SMILES string of the molecule is CCOC(=O)C1=C(CN2C3COCC2C(F)(F)[C@H](CC(=O)O)C3)NC(c2nccs2)=N[C@H]1c1cccc(F)c1Cl. The molecule has 4 heterocycles. The van der Waals surface area contributed by atoms with Gasteiger partial charge in [0, 0.05) is 41.3 Å². The molecule has 5 rings (SSSR count). The molecule has 214 valence electrons. The van der Waals surface area contributed by atoms with Gasteiger partial charge in [0.2, 0.25) is 0 Å². The zero-order valence-corrected chi connectivity index (χ0v) is 22.9. The lowest BCUT2D eigenvalue weighted by atomic mass is 9.79. The van der Waals surface area contributed by atoms with Gasteiger partial charge in [0.05, 0.1) is 42.9 Å². The van der Waals surface area contributed by atoms with Gasteiger partial charge in [-0.15, -0.1) is 11.3 Å². The number of carboxylic acid groups (broad SMARTS) is 1. The number of nitrogens with one attached hydrogen (secondary N) is 1. The Morgan fingerprint density at radius 2 is 2.15 bits per heavy atom. The molecule has 2 N–H and O–H groups in total. The molecule has 0 aliphatic carbocycles. The summed E-state index contributed by atoms with van der Waals surface area (Å²) in [5, 5.41) is 14.3. The van der Waals surface area contributed by atoms with Crippen molar-refractivity contribution >= 4 is 40.7 Å². The number of hydrogen-bond acceptors (Lipinski definition) is 9. The summed E-state index contributed by atoms with van der Waals surface area (Å²) < 4.78 is 56.6. The van der Waals surface area contributed by atoms with Crippen LogP contribution in [-0.4, -0.2) is 77.1 Å². The van der Waals surface area contributed by atoms with E-state index in [9.17, 15) is 19.1 Å². The quantitative estimate of drug-likeness (QED) is 0.438. The zero-order chi connectivity index (χ0) is 28.6. The van der Waals surface area contributed by atoms with E-state index in [1.807, 2.05) is 0 Å². The molecule has 1 aromatic carbocycles. The number of esters is 1. The number of carbonyl (C=O) groups is 2. The number of aliphatic carboxylic acids is 1. The average Bonchev–Trinajstić information content (AvgIpc) is 3.44. The molecule has 3 aliphatic rings. The van der Waals surface area contributed by atoms with E-state index < -0.39 is 54.1 Å². The summed E-state index contributed by atoms with van der Waals surface area (Å²) in [5.74, 6) is -7.22. The summed E-state index contributed by atoms with van der Waals surface area (Å²) in [6.07, 6.45) is 0.794. The number of fused-ring (bicyclic) bond motifs is 2. The van der Waals surface area contributed by atoms with Crippen molar-refractivity contribution in [2.75, 3.05) is 26.4 Å². The summed E-state index contributed by atoms with van der Waals surface area (Å²) >= 11 is 7.60. The number of carbonyl (C=O) groups excluding carboxylic acids is 1. The number of benzene rings is 1. The van der Waals surface area contributed by atoms with Gasteiger partial charge in [-0.05, 0) is 19.4 Å². The minimum atomic E-state index is -3.37. The van der Waals surface area contributed by atoms with Crippen LogP contribution >= 0.6 is 22.9 Å². The molecule has 2 aromatic rings. The first-order valence-corrected chi connectivity index (χ1v) is 13.9. The second-order valence-electron chi connectivity index (χ2n) is 9.68. The van der Waals surface area contributed by atoms with Gasteiger partial charge in [-0.1, -0.05) is 23.7 Å². The highest BCUT2D eigenvalue weighted by molar-refractivity contribution is 7.11. The number of ether oxygens (including phenoxy) is 2. The minimum Gasteiger partial charge on any atom is -0.481 e. The minimum absolute atomic E-state index is 0.00428. The molecule has 0 radical (unpaired) electrons. The molecule has 2 bridgehead atoms. The Hall–Kier alpha value is -3.00. The molecule has 0 amide bonds. The zero-order valence-electron chi connectivity index (χ0n) is 21.3. The van der Waals surface area contributed by atoms with E-state index in [2.05, 4.69) is 15.3 Å². The van der Waals surface area contributed by atoms with Crippen molar-refractivity contribution in [3.63, 3.8) is 0 Å². The maximum Gasteiger partial charge on any atom is 0.338 e. The van der Waals surface area contributed by atoms with Crippen molar-refractivity contribution in [3.05, 3.63) is 62.5 Å². The highest BCUT2D eigenvalue weighted by Gasteiger charge is 2.58. The number of nitrogens with zero attached hydrogens (tertiary/aromatic N) is 3. The molecule has 2 saturated heterocycles. The van der Waals surface area contributed by atoms with Crippen molar-refractivity contribution in [1.29, 1.82) is 0 Å². The summed E-state index contributed by atoms with van der Waals surface area (Å²) in [6.45, 7) is 1.31. The maximum atomic E-state index is 15.6. The smallest absolute Gasteiger partial charge is 0.338 e. The van der Waals surface area contributed by atoms with E-state index in [0.717, 1.165) is 0 Å². The lowest BCUT2D eigenvalue weighted by Gasteiger charge is -2.52. The number of piperidine rings is 1. The second kappa shape index (κ2) is 11.5. The third kappa shape index (κ3) is 5.35. The Balaban J connectivity index is 1.60. The number of hydrogen-bond donors (Lipinski definition) is 2. The largest absolute Gasteiger partial charge is 0.481 e. The van der Waals surface area contributed by atoms with Gasteiger partial charge in [-0.2, -0.15) is 0 Å². The standard InChI is InChI=1S/C26H26ClF3N4O5S/c1-2-39-25(37)20-17(10-34-14-8-13(9-19(35)36)26(29,30)18(34)12-38-11-14)32-23(24-31-6-7-40-24)33-22(20)15-4-3-5-16(28)21(15)27/h3-7,13-14,18,22H,2,8-12H2,1H3,(H,32,33)(H,35,36)/t13-,14?,18?,22-/m0/s1. The van der Waals surface area contributed by atoms with Crippen LogP contribution in [-0.2, 0) is 19.1 Å². The lowest BCUT2D eigenvalue weighted by Crippen LogP contribution is -2.67. The molecule has 2 fully saturated rings. The number of rotatable bonds is 8. The summed E-state index contributed by atoms with van der Waals surface area (Å²) in [4.78, 5) is 35.2. The van der Waals surface area contributed by atoms with Crippen LogP contribution < -0.4 is 5.32 Å². The molecule has 1 aromatic heterocycles. The van der Waals surface area contributed by atoms with Gasteiger partial charge in [-0.3, -0.25) is 14.7 Å². The Bertz CT molecular complexity index is 1360. The molecule has 4 atom stereocenters. The number of morpholine rings is 1. The van der Waals surface area contributed by atoms with Gasteiger partial charge in [-0.25, -0.2) is 22.9 Å². The van der Waals surface area contributed by atoms with Crippen LogP contribution in [0.1, 0.15) is 36.4 Å². The Labute approximate surface area is 236 Å². The second-order valence-corrected chi connectivity index (χ2v) is 11.0. The van der Waals surface area contributed by atoms with Crippen LogP contribution in [0.2, 0.25) is 5.02 Å². The van der Waals surface area contributed by atoms with Gasteiger partial charge < -0.3 is 19.9 Å². The van der Waals surface area contributed by atoms with E-state index >= 15 is 8.78 Å². The molecule has 14 heteroatoms. The first-order valence-electron chi connectivity index (χ1n) is 12.6. The van der Waals surface area contributed by atoms with E-state index in [1.54, 1.807) is 23.4 Å². The van der Waals surface area contributed by atoms with Gasteiger partial charge in [0.25, 0.3) is 5.92 Å². The number of alkyl halides is 2. The van der Waals surface area contributed by atoms with E-state index in [0.29, 0.717) is 5.01 Å². The molecular weight excluding hydrogens is 573 g/mol. The predicted octanol–water partition coefficient (Wildman–Crippen LogP) is 4.04. The highest BCUT2D eigenvalue weighted by Crippen LogP contribution is 2.45. The average molecular weight is 599 g/mol. The van der Waals surface area contributed by atoms with Crippen molar-refractivity contribution < 1.29 is 37.3 Å². The van der Waals surface area contributed by atoms with Gasteiger partial charge >= 0.3 is 11.9 Å². The normalized spacial score (nSPS) is 26.2. The lowest BCUT2D eigenvalue weighted by molar-refractivity contribution is -0.219. The van der Waals surface area contributed by atoms with Gasteiger partial charge in [0.15, 0.2) is 10.8 Å². The molecule has 40 heavy (non-hydrogen) atoms. The maximum absolute atomic E-state index is 15.6. The molecule has 3 aliphatic heterocycles. The fourth-order valence-electron chi connectivity index (χ4n) is 5.48. The number of aliphatic imine (C=N–C) groups is 1. The van der Waals surface area contributed by atoms with Crippen LogP contribution in [0.3, 0.4) is 0 Å². The van der Waals surface area contributed by atoms with Crippen molar-refractivity contribution in [3.8, 4) is 0 Å². The fourth-order valence-corrected chi connectivity index (χ4v) is 6.30. The fraction of sp³-hybridized carbons (Fsp3) is 0.462. The molecule has 9 nitrogen and oxygen atoms in total. The van der Waals surface area contributed by atoms with Crippen LogP contribution in [0.25, 0.3) is 0 Å². The molecule has 2 unspecified atom stereocenters. The molecule has 0 saturated carbocycles. The Morgan fingerprint density at radius 3 is 2.85 bits per heavy atom. The highest BCUT2D eigenvalue weighted by atomic mass is 35.5. The van der Waals surface area contributed by atoms with E-state index in [1.165, 1.54) is 29.5 Å². The third-order valence-corrected chi connectivity index (χ3v) is 8.47. The van der Waals surface area contributed by atoms with Crippen LogP contribution in [0, 0.1) is 11.7 Å². The summed E-state index contributed by atoms with van der Waals surface area (Å²) in [5.41, 5.74) is 0.435. The van der Waals surface area contributed by atoms with E-state index in [-0.39, 0.29) is 60.5 Å². The molecular formula is C26H26ClF3N4O5S. The monoisotopic (exact) mass is 598 g/mol. The first kappa shape index (κ1) is 28.5. The topological polar surface area (TPSA) is 113 Å². The van der Waals surface area contributed by atoms with Gasteiger partial charge in [0.1, 0.15) is 11.9 Å². The van der Waals surface area contributed by atoms with Crippen LogP contribution in [0.15, 0.2) is 46.0 Å². The Kier molecular flexibility index (Phi) is 8.18. The van der Waals surface area contributed by atoms with Crippen molar-refractivity contribution in [1.82, 2.24) is 15.2 Å². The summed E-state index contributed by atoms with van der Waals surface area (Å²) in [7, 11) is 0. The number of carboxylic acids is 1. The number of thiazole rings is 1. The van der Waals surface area contributed by atoms with Crippen LogP contribution in [0.5, 0.6) is 0 Å². The Morgan fingerprint density at radius 1 is 1.35 bits per heavy atom. The summed E-state index contributed by atoms with van der Waals surface area (Å²) in [6, 6.07) is 1.08. The van der Waals surface area contributed by atoms with E-state index in [4.69, 9.17) is 21.1 Å². The molecule has 0 spiro atoms. The first-order chi connectivity index (χ1) is 19.1. The van der Waals surface area contributed by atoms with Crippen molar-refractivity contribution in [2.45, 2.75) is 43.8 Å². The predicted molar refractivity (Wildman–Crippen MR) is 140 cm³/mol. The number of amidine groups is 1. The number of halogens is 4. The van der Waals surface area contributed by atoms with Crippen LogP contribution in [0.4, 0.5) is 13.2 Å². The number of aromatic nitrogens is 1.